The number of fused-ring (bicyclic) bond motifs is 1. The molecule has 2 unspecified atom stereocenters. The van der Waals surface area contributed by atoms with Crippen LogP contribution in [-0.2, 0) is 0 Å². The largest absolute Gasteiger partial charge is 0.497 e. The summed E-state index contributed by atoms with van der Waals surface area (Å²) >= 11 is 0. The van der Waals surface area contributed by atoms with E-state index in [0.717, 1.165) is 4.68 Å². The summed E-state index contributed by atoms with van der Waals surface area (Å²) in [7, 11) is 1.52. The van der Waals surface area contributed by atoms with Crippen molar-refractivity contribution in [3.05, 3.63) is 66.1 Å². The lowest BCUT2D eigenvalue weighted by Crippen LogP contribution is -2.35. The van der Waals surface area contributed by atoms with E-state index in [1.54, 1.807) is 42.6 Å². The molecule has 2 aromatic heterocycles. The minimum absolute atomic E-state index is 0.119. The van der Waals surface area contributed by atoms with Crippen molar-refractivity contribution in [3.63, 3.8) is 0 Å². The second-order valence-electron chi connectivity index (χ2n) is 6.82. The fourth-order valence-corrected chi connectivity index (χ4v) is 3.37. The highest BCUT2D eigenvalue weighted by molar-refractivity contribution is 6.03. The fourth-order valence-electron chi connectivity index (χ4n) is 3.37. The third kappa shape index (κ3) is 3.93. The third-order valence-corrected chi connectivity index (χ3v) is 4.86. The third-order valence-electron chi connectivity index (χ3n) is 4.86. The van der Waals surface area contributed by atoms with Gasteiger partial charge in [0.05, 0.1) is 25.0 Å². The molecule has 0 fully saturated rings. The first-order chi connectivity index (χ1) is 14.3. The van der Waals surface area contributed by atoms with Crippen molar-refractivity contribution >= 4 is 17.4 Å². The number of halogens is 3. The van der Waals surface area contributed by atoms with Gasteiger partial charge in [0, 0.05) is 18.7 Å². The molecule has 1 amide bonds. The molecule has 7 nitrogen and oxygen atoms in total. The van der Waals surface area contributed by atoms with Gasteiger partial charge in [-0.2, -0.15) is 18.3 Å². The topological polar surface area (TPSA) is 81.1 Å². The number of hydrogen-bond donors (Lipinski definition) is 2. The summed E-state index contributed by atoms with van der Waals surface area (Å²) in [5.74, 6) is 0.121. The quantitative estimate of drug-likeness (QED) is 0.665. The smallest absolute Gasteiger partial charge is 0.410 e. The van der Waals surface area contributed by atoms with Crippen LogP contribution < -0.4 is 15.4 Å². The summed E-state index contributed by atoms with van der Waals surface area (Å²) in [5.41, 5.74) is 0.981. The van der Waals surface area contributed by atoms with E-state index in [1.807, 2.05) is 0 Å². The molecule has 0 bridgehead atoms. The van der Waals surface area contributed by atoms with Gasteiger partial charge >= 0.3 is 6.18 Å². The van der Waals surface area contributed by atoms with Crippen LogP contribution in [0.2, 0.25) is 0 Å². The van der Waals surface area contributed by atoms with E-state index in [1.165, 1.54) is 19.4 Å². The molecule has 0 saturated heterocycles. The minimum Gasteiger partial charge on any atom is -0.497 e. The first kappa shape index (κ1) is 19.7. The summed E-state index contributed by atoms with van der Waals surface area (Å²) in [5, 5.41) is 9.57. The predicted octanol–water partition coefficient (Wildman–Crippen LogP) is 4.20. The second kappa shape index (κ2) is 7.69. The van der Waals surface area contributed by atoms with Crippen molar-refractivity contribution in [2.75, 3.05) is 17.7 Å². The van der Waals surface area contributed by atoms with E-state index in [-0.39, 0.29) is 17.9 Å². The van der Waals surface area contributed by atoms with Gasteiger partial charge < -0.3 is 15.4 Å². The van der Waals surface area contributed by atoms with Crippen molar-refractivity contribution in [3.8, 4) is 5.75 Å². The molecule has 2 atom stereocenters. The van der Waals surface area contributed by atoms with Gasteiger partial charge in [-0.3, -0.25) is 9.78 Å². The Balaban J connectivity index is 1.63. The fraction of sp³-hybridized carbons (Fsp3) is 0.250. The van der Waals surface area contributed by atoms with Crippen LogP contribution >= 0.6 is 0 Å². The summed E-state index contributed by atoms with van der Waals surface area (Å²) in [6, 6.07) is 8.93. The number of hydrogen-bond acceptors (Lipinski definition) is 5. The number of amides is 1. The van der Waals surface area contributed by atoms with Crippen LogP contribution in [0.1, 0.15) is 34.6 Å². The number of pyridine rings is 1. The van der Waals surface area contributed by atoms with Gasteiger partial charge in [0.25, 0.3) is 5.91 Å². The lowest BCUT2D eigenvalue weighted by molar-refractivity contribution is -0.173. The van der Waals surface area contributed by atoms with Crippen LogP contribution in [0.5, 0.6) is 5.75 Å². The molecule has 0 spiro atoms. The highest BCUT2D eigenvalue weighted by Crippen LogP contribution is 2.43. The molecule has 1 aliphatic rings. The number of anilines is 2. The van der Waals surface area contributed by atoms with Crippen LogP contribution in [0.25, 0.3) is 0 Å². The van der Waals surface area contributed by atoms with Gasteiger partial charge in [-0.05, 0) is 29.8 Å². The zero-order valence-corrected chi connectivity index (χ0v) is 15.8. The van der Waals surface area contributed by atoms with E-state index in [9.17, 15) is 18.0 Å². The first-order valence-corrected chi connectivity index (χ1v) is 9.13. The second-order valence-corrected chi connectivity index (χ2v) is 6.82. The molecule has 1 aromatic carbocycles. The summed E-state index contributed by atoms with van der Waals surface area (Å²) < 4.78 is 47.2. The Morgan fingerprint density at radius 1 is 1.27 bits per heavy atom. The highest BCUT2D eigenvalue weighted by Gasteiger charge is 2.46. The zero-order chi connectivity index (χ0) is 21.3. The van der Waals surface area contributed by atoms with Crippen molar-refractivity contribution in [1.82, 2.24) is 14.8 Å². The molecule has 0 aliphatic carbocycles. The SMILES string of the molecule is COc1ccc(C2CC(C(F)(F)F)n3nc(C(=O)Nc4cccnc4)cc3N2)cc1. The average molecular weight is 417 g/mol. The number of nitrogens with zero attached hydrogens (tertiary/aromatic N) is 3. The number of rotatable bonds is 4. The van der Waals surface area contributed by atoms with Crippen molar-refractivity contribution in [2.45, 2.75) is 24.7 Å². The first-order valence-electron chi connectivity index (χ1n) is 9.13. The number of methoxy groups -OCH3 is 1. The van der Waals surface area contributed by atoms with Crippen molar-refractivity contribution < 1.29 is 22.7 Å². The Hall–Kier alpha value is -3.56. The number of carbonyl (C=O) groups excluding carboxylic acids is 1. The van der Waals surface area contributed by atoms with E-state index < -0.39 is 24.2 Å². The zero-order valence-electron chi connectivity index (χ0n) is 15.8. The van der Waals surface area contributed by atoms with E-state index in [2.05, 4.69) is 20.7 Å². The molecule has 0 saturated carbocycles. The normalized spacial score (nSPS) is 18.3. The van der Waals surface area contributed by atoms with Crippen molar-refractivity contribution in [2.24, 2.45) is 0 Å². The Morgan fingerprint density at radius 3 is 2.67 bits per heavy atom. The molecule has 10 heteroatoms. The maximum atomic E-state index is 13.8. The summed E-state index contributed by atoms with van der Waals surface area (Å²) in [6.07, 6.45) is -1.80. The minimum atomic E-state index is -4.52. The maximum absolute atomic E-state index is 13.8. The van der Waals surface area contributed by atoms with E-state index in [4.69, 9.17) is 4.74 Å². The Morgan fingerprint density at radius 2 is 2.03 bits per heavy atom. The molecule has 156 valence electrons. The standard InChI is InChI=1S/C20H18F3N5O2/c1-30-14-6-4-12(5-7-14)15-9-17(20(21,22)23)28-18(26-15)10-16(27-28)19(29)25-13-3-2-8-24-11-13/h2-8,10-11,15,17,26H,9H2,1H3,(H,25,29). The number of aromatic nitrogens is 3. The number of carbonyl (C=O) groups is 1. The van der Waals surface area contributed by atoms with Crippen LogP contribution in [0.15, 0.2) is 54.9 Å². The van der Waals surface area contributed by atoms with Gasteiger partial charge in [-0.25, -0.2) is 4.68 Å². The van der Waals surface area contributed by atoms with E-state index >= 15 is 0 Å². The Labute approximate surface area is 169 Å². The monoisotopic (exact) mass is 417 g/mol. The predicted molar refractivity (Wildman–Crippen MR) is 103 cm³/mol. The van der Waals surface area contributed by atoms with Gasteiger partial charge in [-0.1, -0.05) is 12.1 Å². The molecule has 3 heterocycles. The van der Waals surface area contributed by atoms with Gasteiger partial charge in [-0.15, -0.1) is 0 Å². The highest BCUT2D eigenvalue weighted by atomic mass is 19.4. The Kier molecular flexibility index (Phi) is 5.06. The molecular formula is C20H18F3N5O2. The van der Waals surface area contributed by atoms with Gasteiger partial charge in [0.2, 0.25) is 0 Å². The van der Waals surface area contributed by atoms with Crippen LogP contribution in [-0.4, -0.2) is 34.0 Å². The Bertz CT molecular complexity index is 1030. The lowest BCUT2D eigenvalue weighted by Gasteiger charge is -2.33. The molecule has 4 rings (SSSR count). The molecule has 2 N–H and O–H groups in total. The number of nitrogens with one attached hydrogen (secondary N) is 2. The molecule has 1 aliphatic heterocycles. The van der Waals surface area contributed by atoms with E-state index in [0.29, 0.717) is 17.0 Å². The van der Waals surface area contributed by atoms with Crippen LogP contribution in [0.4, 0.5) is 24.7 Å². The average Bonchev–Trinajstić information content (AvgIpc) is 3.17. The summed E-state index contributed by atoms with van der Waals surface area (Å²) in [4.78, 5) is 16.4. The lowest BCUT2D eigenvalue weighted by atomic mass is 9.97. The molecule has 0 radical (unpaired) electrons. The number of alkyl halides is 3. The molecular weight excluding hydrogens is 399 g/mol. The van der Waals surface area contributed by atoms with Crippen molar-refractivity contribution in [1.29, 1.82) is 0 Å². The van der Waals surface area contributed by atoms with Gasteiger partial charge in [0.15, 0.2) is 11.7 Å². The number of ether oxygens (including phenoxy) is 1. The van der Waals surface area contributed by atoms with Gasteiger partial charge in [0.1, 0.15) is 11.6 Å². The molecule has 30 heavy (non-hydrogen) atoms. The van der Waals surface area contributed by atoms with Crippen LogP contribution in [0, 0.1) is 0 Å². The summed E-state index contributed by atoms with van der Waals surface area (Å²) in [6.45, 7) is 0. The molecule has 3 aromatic rings. The van der Waals surface area contributed by atoms with Crippen LogP contribution in [0.3, 0.4) is 0 Å². The maximum Gasteiger partial charge on any atom is 0.410 e. The number of benzene rings is 1.